The van der Waals surface area contributed by atoms with Gasteiger partial charge in [-0.05, 0) is 30.4 Å². The lowest BCUT2D eigenvalue weighted by atomic mass is 10.1. The molecule has 3 rings (SSSR count). The van der Waals surface area contributed by atoms with Crippen molar-refractivity contribution in [2.45, 2.75) is 56.5 Å². The number of sulfone groups is 1. The van der Waals surface area contributed by atoms with Crippen molar-refractivity contribution in [2.75, 3.05) is 26.4 Å². The molecule has 2 aliphatic rings. The van der Waals surface area contributed by atoms with Crippen molar-refractivity contribution >= 4 is 15.8 Å². The first-order valence-electron chi connectivity index (χ1n) is 9.90. The Kier molecular flexibility index (Phi) is 6.76. The number of likely N-dealkylation sites (tertiary alicyclic amines) is 1. The largest absolute Gasteiger partial charge is 0.352 e. The van der Waals surface area contributed by atoms with Crippen molar-refractivity contribution in [1.82, 2.24) is 15.5 Å². The third kappa shape index (κ3) is 6.21. The highest BCUT2D eigenvalue weighted by atomic mass is 32.2. The summed E-state index contributed by atoms with van der Waals surface area (Å²) in [4.78, 5) is 6.99. The van der Waals surface area contributed by atoms with Crippen LogP contribution in [0.4, 0.5) is 0 Å². The minimum Gasteiger partial charge on any atom is -0.352 e. The quantitative estimate of drug-likeness (QED) is 0.571. The van der Waals surface area contributed by atoms with Gasteiger partial charge in [-0.1, -0.05) is 37.1 Å². The number of hydrogen-bond donors (Lipinski definition) is 2. The van der Waals surface area contributed by atoms with Crippen LogP contribution in [0.25, 0.3) is 0 Å². The van der Waals surface area contributed by atoms with Gasteiger partial charge in [-0.2, -0.15) is 0 Å². The summed E-state index contributed by atoms with van der Waals surface area (Å²) < 4.78 is 22.7. The molecule has 1 heterocycles. The molecule has 0 amide bonds. The number of guanidine groups is 1. The summed E-state index contributed by atoms with van der Waals surface area (Å²) in [5.74, 6) is 0.914. The van der Waals surface area contributed by atoms with E-state index in [1.807, 2.05) is 24.3 Å². The van der Waals surface area contributed by atoms with E-state index in [1.165, 1.54) is 38.5 Å². The summed E-state index contributed by atoms with van der Waals surface area (Å²) in [6, 6.07) is 8.94. The van der Waals surface area contributed by atoms with E-state index in [4.69, 9.17) is 0 Å². The Hall–Kier alpha value is -1.60. The molecule has 1 aromatic rings. The standard InChI is InChI=1S/C20H32N4O2S/c1-21-20(23-18-11-12-24(14-18)19-5-3-4-6-19)22-13-16-7-9-17(10-8-16)15-27(2,25)26/h7-10,18-19H,3-6,11-15H2,1-2H3,(H2,21,22,23). The van der Waals surface area contributed by atoms with E-state index in [-0.39, 0.29) is 5.75 Å². The molecule has 7 heteroatoms. The van der Waals surface area contributed by atoms with Gasteiger partial charge < -0.3 is 10.6 Å². The zero-order valence-corrected chi connectivity index (χ0v) is 17.3. The minimum absolute atomic E-state index is 0.0864. The van der Waals surface area contributed by atoms with Crippen LogP contribution in [0.1, 0.15) is 43.2 Å². The second-order valence-electron chi connectivity index (χ2n) is 7.88. The molecule has 1 aromatic carbocycles. The number of benzene rings is 1. The second kappa shape index (κ2) is 9.06. The first-order valence-corrected chi connectivity index (χ1v) is 12.0. The van der Waals surface area contributed by atoms with Crippen molar-refractivity contribution in [3.63, 3.8) is 0 Å². The van der Waals surface area contributed by atoms with E-state index in [1.54, 1.807) is 7.05 Å². The summed E-state index contributed by atoms with van der Waals surface area (Å²) in [5, 5.41) is 6.92. The molecule has 1 saturated heterocycles. The van der Waals surface area contributed by atoms with E-state index in [2.05, 4.69) is 20.5 Å². The monoisotopic (exact) mass is 392 g/mol. The summed E-state index contributed by atoms with van der Waals surface area (Å²) in [5.41, 5.74) is 1.93. The third-order valence-corrected chi connectivity index (χ3v) is 6.39. The van der Waals surface area contributed by atoms with Gasteiger partial charge in [0.05, 0.1) is 5.75 Å². The topological polar surface area (TPSA) is 73.8 Å². The van der Waals surface area contributed by atoms with Crippen molar-refractivity contribution in [3.8, 4) is 0 Å². The molecule has 0 spiro atoms. The van der Waals surface area contributed by atoms with E-state index in [0.29, 0.717) is 12.6 Å². The van der Waals surface area contributed by atoms with Gasteiger partial charge in [0.25, 0.3) is 0 Å². The summed E-state index contributed by atoms with van der Waals surface area (Å²) in [7, 11) is -1.19. The van der Waals surface area contributed by atoms with Crippen molar-refractivity contribution in [2.24, 2.45) is 4.99 Å². The fourth-order valence-corrected chi connectivity index (χ4v) is 4.93. The predicted molar refractivity (Wildman–Crippen MR) is 111 cm³/mol. The van der Waals surface area contributed by atoms with Crippen LogP contribution in [0.3, 0.4) is 0 Å². The number of rotatable bonds is 6. The van der Waals surface area contributed by atoms with Gasteiger partial charge in [0.15, 0.2) is 15.8 Å². The van der Waals surface area contributed by atoms with E-state index in [0.717, 1.165) is 36.1 Å². The molecule has 0 radical (unpaired) electrons. The van der Waals surface area contributed by atoms with Crippen LogP contribution in [-0.2, 0) is 22.1 Å². The summed E-state index contributed by atoms with van der Waals surface area (Å²) in [6.07, 6.45) is 7.90. The van der Waals surface area contributed by atoms with Gasteiger partial charge in [-0.3, -0.25) is 9.89 Å². The van der Waals surface area contributed by atoms with Crippen LogP contribution in [0.5, 0.6) is 0 Å². The zero-order valence-electron chi connectivity index (χ0n) is 16.4. The molecule has 0 bridgehead atoms. The maximum Gasteiger partial charge on any atom is 0.191 e. The third-order valence-electron chi connectivity index (χ3n) is 5.54. The Morgan fingerprint density at radius 2 is 1.81 bits per heavy atom. The lowest BCUT2D eigenvalue weighted by molar-refractivity contribution is 0.242. The molecule has 2 N–H and O–H groups in total. The Balaban J connectivity index is 1.45. The fraction of sp³-hybridized carbons (Fsp3) is 0.650. The molecule has 27 heavy (non-hydrogen) atoms. The van der Waals surface area contributed by atoms with Gasteiger partial charge >= 0.3 is 0 Å². The summed E-state index contributed by atoms with van der Waals surface area (Å²) in [6.45, 7) is 2.95. The normalized spacial score (nSPS) is 22.3. The van der Waals surface area contributed by atoms with Crippen LogP contribution in [0, 0.1) is 0 Å². The summed E-state index contributed by atoms with van der Waals surface area (Å²) >= 11 is 0. The highest BCUT2D eigenvalue weighted by molar-refractivity contribution is 7.89. The Bertz CT molecular complexity index is 740. The van der Waals surface area contributed by atoms with Gasteiger partial charge in [-0.15, -0.1) is 0 Å². The maximum absolute atomic E-state index is 11.4. The van der Waals surface area contributed by atoms with Crippen LogP contribution in [0.2, 0.25) is 0 Å². The lowest BCUT2D eigenvalue weighted by Gasteiger charge is -2.24. The molecule has 1 unspecified atom stereocenters. The molecular weight excluding hydrogens is 360 g/mol. The highest BCUT2D eigenvalue weighted by Crippen LogP contribution is 2.26. The van der Waals surface area contributed by atoms with Gasteiger partial charge in [0, 0.05) is 45.0 Å². The molecule has 1 aliphatic heterocycles. The van der Waals surface area contributed by atoms with E-state index >= 15 is 0 Å². The maximum atomic E-state index is 11.4. The first kappa shape index (κ1) is 20.1. The fourth-order valence-electron chi connectivity index (χ4n) is 4.14. The van der Waals surface area contributed by atoms with Crippen LogP contribution in [-0.4, -0.2) is 57.8 Å². The average Bonchev–Trinajstić information content (AvgIpc) is 3.30. The molecule has 0 aromatic heterocycles. The lowest BCUT2D eigenvalue weighted by Crippen LogP contribution is -2.45. The van der Waals surface area contributed by atoms with Crippen molar-refractivity contribution < 1.29 is 8.42 Å². The predicted octanol–water partition coefficient (Wildman–Crippen LogP) is 1.91. The van der Waals surface area contributed by atoms with Crippen molar-refractivity contribution in [3.05, 3.63) is 35.4 Å². The van der Waals surface area contributed by atoms with Crippen LogP contribution >= 0.6 is 0 Å². The van der Waals surface area contributed by atoms with Gasteiger partial charge in [0.2, 0.25) is 0 Å². The molecule has 2 fully saturated rings. The minimum atomic E-state index is -2.99. The van der Waals surface area contributed by atoms with Gasteiger partial charge in [0.1, 0.15) is 0 Å². The molecular formula is C20H32N4O2S. The Morgan fingerprint density at radius 1 is 1.15 bits per heavy atom. The Morgan fingerprint density at radius 3 is 2.44 bits per heavy atom. The van der Waals surface area contributed by atoms with Gasteiger partial charge in [-0.25, -0.2) is 8.42 Å². The number of hydrogen-bond acceptors (Lipinski definition) is 4. The molecule has 1 saturated carbocycles. The van der Waals surface area contributed by atoms with Crippen LogP contribution in [0.15, 0.2) is 29.3 Å². The number of nitrogens with one attached hydrogen (secondary N) is 2. The SMILES string of the molecule is CN=C(NCc1ccc(CS(C)(=O)=O)cc1)NC1CCN(C2CCCC2)C1. The van der Waals surface area contributed by atoms with E-state index in [9.17, 15) is 8.42 Å². The first-order chi connectivity index (χ1) is 12.9. The average molecular weight is 393 g/mol. The molecule has 6 nitrogen and oxygen atoms in total. The van der Waals surface area contributed by atoms with Crippen molar-refractivity contribution in [1.29, 1.82) is 0 Å². The number of aliphatic imine (C=N–C) groups is 1. The zero-order chi connectivity index (χ0) is 19.3. The molecule has 1 aliphatic carbocycles. The Labute approximate surface area is 163 Å². The van der Waals surface area contributed by atoms with Crippen LogP contribution < -0.4 is 10.6 Å². The van der Waals surface area contributed by atoms with E-state index < -0.39 is 9.84 Å². The number of nitrogens with zero attached hydrogens (tertiary/aromatic N) is 2. The smallest absolute Gasteiger partial charge is 0.191 e. The second-order valence-corrected chi connectivity index (χ2v) is 10.0. The molecule has 1 atom stereocenters. The molecule has 150 valence electrons. The highest BCUT2D eigenvalue weighted by Gasteiger charge is 2.30.